The molecule has 3 rings (SSSR count). The highest BCUT2D eigenvalue weighted by Crippen LogP contribution is 2.21. The second-order valence-corrected chi connectivity index (χ2v) is 11.1. The van der Waals surface area contributed by atoms with Gasteiger partial charge in [0.1, 0.15) is 0 Å². The van der Waals surface area contributed by atoms with Gasteiger partial charge in [-0.3, -0.25) is 4.79 Å². The van der Waals surface area contributed by atoms with Gasteiger partial charge in [0.05, 0.1) is 16.4 Å². The molecule has 2 aliphatic rings. The zero-order valence-corrected chi connectivity index (χ0v) is 16.2. The van der Waals surface area contributed by atoms with E-state index in [1.165, 1.54) is 28.6 Å². The van der Waals surface area contributed by atoms with Crippen LogP contribution in [-0.4, -0.2) is 57.7 Å². The number of sulfonamides is 1. The van der Waals surface area contributed by atoms with E-state index in [-0.39, 0.29) is 28.4 Å². The first-order valence-electron chi connectivity index (χ1n) is 8.89. The Hall–Kier alpha value is -1.45. The van der Waals surface area contributed by atoms with Crippen LogP contribution < -0.4 is 5.32 Å². The third kappa shape index (κ3) is 4.44. The van der Waals surface area contributed by atoms with Gasteiger partial charge < -0.3 is 5.32 Å². The Labute approximate surface area is 154 Å². The monoisotopic (exact) mass is 400 g/mol. The summed E-state index contributed by atoms with van der Waals surface area (Å²) < 4.78 is 49.9. The lowest BCUT2D eigenvalue weighted by Crippen LogP contribution is -2.35. The number of nitrogens with zero attached hydrogens (tertiary/aromatic N) is 1. The summed E-state index contributed by atoms with van der Waals surface area (Å²) in [6.45, 7) is 1.06. The molecule has 1 aromatic rings. The minimum Gasteiger partial charge on any atom is -0.348 e. The van der Waals surface area contributed by atoms with Gasteiger partial charge in [0, 0.05) is 24.7 Å². The minimum absolute atomic E-state index is 0.0415. The van der Waals surface area contributed by atoms with E-state index in [0.29, 0.717) is 25.1 Å². The van der Waals surface area contributed by atoms with E-state index >= 15 is 0 Å². The molecule has 144 valence electrons. The topological polar surface area (TPSA) is 101 Å². The summed E-state index contributed by atoms with van der Waals surface area (Å²) >= 11 is 0. The summed E-state index contributed by atoms with van der Waals surface area (Å²) in [5.41, 5.74) is 0.323. The SMILES string of the molecule is O=C(N[C@H]1CCS(=O)(=O)C1)c1ccc(S(=O)(=O)N2CCCCCC2)cc1. The van der Waals surface area contributed by atoms with E-state index in [4.69, 9.17) is 0 Å². The van der Waals surface area contributed by atoms with Crippen LogP contribution in [0, 0.1) is 0 Å². The van der Waals surface area contributed by atoms with Crippen LogP contribution in [0.15, 0.2) is 29.2 Å². The number of carbonyl (C=O) groups is 1. The van der Waals surface area contributed by atoms with Crippen LogP contribution in [0.25, 0.3) is 0 Å². The molecule has 0 spiro atoms. The maximum absolute atomic E-state index is 12.7. The molecule has 0 unspecified atom stereocenters. The van der Waals surface area contributed by atoms with Crippen LogP contribution in [0.3, 0.4) is 0 Å². The zero-order valence-electron chi connectivity index (χ0n) is 14.6. The molecule has 0 saturated carbocycles. The number of benzene rings is 1. The van der Waals surface area contributed by atoms with Crippen molar-refractivity contribution in [1.29, 1.82) is 0 Å². The predicted molar refractivity (Wildman–Crippen MR) is 98.2 cm³/mol. The van der Waals surface area contributed by atoms with Crippen molar-refractivity contribution >= 4 is 25.8 Å². The largest absolute Gasteiger partial charge is 0.348 e. The average molecular weight is 401 g/mol. The fraction of sp³-hybridized carbons (Fsp3) is 0.588. The van der Waals surface area contributed by atoms with E-state index in [1.807, 2.05) is 0 Å². The first-order valence-corrected chi connectivity index (χ1v) is 12.2. The van der Waals surface area contributed by atoms with Crippen molar-refractivity contribution in [3.05, 3.63) is 29.8 Å². The zero-order chi connectivity index (χ0) is 18.8. The molecule has 0 bridgehead atoms. The highest BCUT2D eigenvalue weighted by molar-refractivity contribution is 7.91. The molecule has 2 aliphatic heterocycles. The van der Waals surface area contributed by atoms with E-state index in [0.717, 1.165) is 25.7 Å². The van der Waals surface area contributed by atoms with E-state index < -0.39 is 19.9 Å². The Bertz CT molecular complexity index is 855. The summed E-state index contributed by atoms with van der Waals surface area (Å²) in [4.78, 5) is 12.4. The molecule has 26 heavy (non-hydrogen) atoms. The molecule has 0 aliphatic carbocycles. The lowest BCUT2D eigenvalue weighted by atomic mass is 10.2. The van der Waals surface area contributed by atoms with Crippen LogP contribution in [0.2, 0.25) is 0 Å². The third-order valence-electron chi connectivity index (χ3n) is 4.89. The standard InChI is InChI=1S/C17H24N2O5S2/c20-17(18-15-9-12-25(21,22)13-15)14-5-7-16(8-6-14)26(23,24)19-10-3-1-2-4-11-19/h5-8,15H,1-4,9-13H2,(H,18,20)/t15-/m0/s1. The van der Waals surface area contributed by atoms with Crippen molar-refractivity contribution in [3.63, 3.8) is 0 Å². The Morgan fingerprint density at radius 2 is 1.65 bits per heavy atom. The number of sulfone groups is 1. The van der Waals surface area contributed by atoms with Crippen molar-refractivity contribution in [3.8, 4) is 0 Å². The van der Waals surface area contributed by atoms with Gasteiger partial charge in [-0.05, 0) is 43.5 Å². The second-order valence-electron chi connectivity index (χ2n) is 6.92. The molecule has 1 amide bonds. The van der Waals surface area contributed by atoms with Gasteiger partial charge >= 0.3 is 0 Å². The Morgan fingerprint density at radius 3 is 2.19 bits per heavy atom. The van der Waals surface area contributed by atoms with E-state index in [9.17, 15) is 21.6 Å². The first-order chi connectivity index (χ1) is 12.3. The number of hydrogen-bond acceptors (Lipinski definition) is 5. The van der Waals surface area contributed by atoms with Crippen LogP contribution in [0.1, 0.15) is 42.5 Å². The lowest BCUT2D eigenvalue weighted by molar-refractivity contribution is 0.0941. The van der Waals surface area contributed by atoms with Crippen molar-refractivity contribution in [2.24, 2.45) is 0 Å². The summed E-state index contributed by atoms with van der Waals surface area (Å²) in [5.74, 6) is -0.337. The second kappa shape index (κ2) is 7.66. The van der Waals surface area contributed by atoms with Crippen LogP contribution in [-0.2, 0) is 19.9 Å². The number of rotatable bonds is 4. The minimum atomic E-state index is -3.54. The molecule has 1 atom stereocenters. The molecule has 2 fully saturated rings. The number of hydrogen-bond donors (Lipinski definition) is 1. The molecule has 0 aromatic heterocycles. The Balaban J connectivity index is 1.68. The molecule has 0 radical (unpaired) electrons. The van der Waals surface area contributed by atoms with Gasteiger partial charge in [-0.15, -0.1) is 0 Å². The molecule has 2 heterocycles. The highest BCUT2D eigenvalue weighted by Gasteiger charge is 2.29. The van der Waals surface area contributed by atoms with Gasteiger partial charge in [-0.2, -0.15) is 4.31 Å². The lowest BCUT2D eigenvalue weighted by Gasteiger charge is -2.20. The quantitative estimate of drug-likeness (QED) is 0.818. The molecule has 2 saturated heterocycles. The maximum Gasteiger partial charge on any atom is 0.251 e. The van der Waals surface area contributed by atoms with Gasteiger partial charge in [0.15, 0.2) is 9.84 Å². The summed E-state index contributed by atoms with van der Waals surface area (Å²) in [6, 6.07) is 5.46. The fourth-order valence-electron chi connectivity index (χ4n) is 3.39. The van der Waals surface area contributed by atoms with Crippen LogP contribution in [0.5, 0.6) is 0 Å². The summed E-state index contributed by atoms with van der Waals surface area (Å²) in [5, 5.41) is 2.70. The molecular weight excluding hydrogens is 376 g/mol. The van der Waals surface area contributed by atoms with Gasteiger partial charge in [-0.1, -0.05) is 12.8 Å². The maximum atomic E-state index is 12.7. The van der Waals surface area contributed by atoms with Crippen molar-refractivity contribution in [1.82, 2.24) is 9.62 Å². The number of carbonyl (C=O) groups excluding carboxylic acids is 1. The van der Waals surface area contributed by atoms with E-state index in [1.54, 1.807) is 0 Å². The van der Waals surface area contributed by atoms with Crippen LogP contribution >= 0.6 is 0 Å². The smallest absolute Gasteiger partial charge is 0.251 e. The molecule has 1 aromatic carbocycles. The van der Waals surface area contributed by atoms with Crippen molar-refractivity contribution in [2.75, 3.05) is 24.6 Å². The molecule has 1 N–H and O–H groups in total. The summed E-state index contributed by atoms with van der Waals surface area (Å²) in [7, 11) is -6.61. The van der Waals surface area contributed by atoms with Gasteiger partial charge in [-0.25, -0.2) is 16.8 Å². The van der Waals surface area contributed by atoms with Crippen molar-refractivity contribution in [2.45, 2.75) is 43.0 Å². The molecular formula is C17H24N2O5S2. The van der Waals surface area contributed by atoms with E-state index in [2.05, 4.69) is 5.32 Å². The van der Waals surface area contributed by atoms with Gasteiger partial charge in [0.25, 0.3) is 5.91 Å². The van der Waals surface area contributed by atoms with Gasteiger partial charge in [0.2, 0.25) is 10.0 Å². The molecule has 9 heteroatoms. The first kappa shape index (κ1) is 19.3. The Kier molecular flexibility index (Phi) is 5.69. The average Bonchev–Trinajstić information content (AvgIpc) is 2.81. The predicted octanol–water partition coefficient (Wildman–Crippen LogP) is 1.17. The highest BCUT2D eigenvalue weighted by atomic mass is 32.2. The third-order valence-corrected chi connectivity index (χ3v) is 8.57. The van der Waals surface area contributed by atoms with Crippen LogP contribution in [0.4, 0.5) is 0 Å². The number of amides is 1. The summed E-state index contributed by atoms with van der Waals surface area (Å²) in [6.07, 6.45) is 4.23. The fourth-order valence-corrected chi connectivity index (χ4v) is 6.58. The number of nitrogens with one attached hydrogen (secondary N) is 1. The molecule has 7 nitrogen and oxygen atoms in total. The van der Waals surface area contributed by atoms with Crippen molar-refractivity contribution < 1.29 is 21.6 Å². The normalized spacial score (nSPS) is 24.1. The Morgan fingerprint density at radius 1 is 1.04 bits per heavy atom.